The monoisotopic (exact) mass is 147 g/mol. The average Bonchev–Trinajstić information content (AvgIpc) is 1.94. The number of hydrogen-bond donors (Lipinski definition) is 1. The fraction of sp³-hybridized carbons (Fsp3) is 0.200. The minimum Gasteiger partial charge on any atom is -0.399 e. The minimum absolute atomic E-state index is 0.843. The van der Waals surface area contributed by atoms with Gasteiger partial charge in [-0.05, 0) is 37.1 Å². The standard InChI is InChI=1S/C10H13N/c1-7(2)9-4-5-10(11)8(3)6-9/h4-6H,1,11H2,2-3H3. The van der Waals surface area contributed by atoms with Gasteiger partial charge < -0.3 is 5.73 Å². The van der Waals surface area contributed by atoms with Crippen LogP contribution >= 0.6 is 0 Å². The Morgan fingerprint density at radius 2 is 2.09 bits per heavy atom. The maximum absolute atomic E-state index is 5.66. The van der Waals surface area contributed by atoms with Crippen molar-refractivity contribution in [3.05, 3.63) is 35.9 Å². The van der Waals surface area contributed by atoms with Crippen LogP contribution in [0.2, 0.25) is 0 Å². The Morgan fingerprint density at radius 1 is 1.45 bits per heavy atom. The van der Waals surface area contributed by atoms with E-state index in [2.05, 4.69) is 12.6 Å². The van der Waals surface area contributed by atoms with Crippen LogP contribution in [-0.4, -0.2) is 0 Å². The highest BCUT2D eigenvalue weighted by Crippen LogP contribution is 2.17. The van der Waals surface area contributed by atoms with E-state index >= 15 is 0 Å². The van der Waals surface area contributed by atoms with Crippen molar-refractivity contribution in [2.45, 2.75) is 13.8 Å². The van der Waals surface area contributed by atoms with Gasteiger partial charge in [0.1, 0.15) is 0 Å². The highest BCUT2D eigenvalue weighted by atomic mass is 14.5. The summed E-state index contributed by atoms with van der Waals surface area (Å²) in [6.45, 7) is 7.85. The van der Waals surface area contributed by atoms with Crippen LogP contribution in [0, 0.1) is 6.92 Å². The molecular weight excluding hydrogens is 134 g/mol. The van der Waals surface area contributed by atoms with Gasteiger partial charge in [0.05, 0.1) is 0 Å². The summed E-state index contributed by atoms with van der Waals surface area (Å²) >= 11 is 0. The predicted octanol–water partition coefficient (Wildman–Crippen LogP) is 2.61. The molecule has 0 atom stereocenters. The fourth-order valence-corrected chi connectivity index (χ4v) is 0.941. The lowest BCUT2D eigenvalue weighted by molar-refractivity contribution is 1.44. The first-order valence-electron chi connectivity index (χ1n) is 3.63. The van der Waals surface area contributed by atoms with Gasteiger partial charge in [0.2, 0.25) is 0 Å². The van der Waals surface area contributed by atoms with Crippen molar-refractivity contribution in [1.82, 2.24) is 0 Å². The summed E-state index contributed by atoms with van der Waals surface area (Å²) < 4.78 is 0. The second kappa shape index (κ2) is 2.79. The van der Waals surface area contributed by atoms with Crippen LogP contribution in [-0.2, 0) is 0 Å². The number of aryl methyl sites for hydroxylation is 1. The zero-order chi connectivity index (χ0) is 8.43. The summed E-state index contributed by atoms with van der Waals surface area (Å²) in [6, 6.07) is 5.96. The lowest BCUT2D eigenvalue weighted by Crippen LogP contribution is -1.89. The number of benzene rings is 1. The number of anilines is 1. The molecule has 0 bridgehead atoms. The summed E-state index contributed by atoms with van der Waals surface area (Å²) in [7, 11) is 0. The quantitative estimate of drug-likeness (QED) is 0.607. The summed E-state index contributed by atoms with van der Waals surface area (Å²) in [6.07, 6.45) is 0. The van der Waals surface area contributed by atoms with Crippen LogP contribution in [0.25, 0.3) is 5.57 Å². The van der Waals surface area contributed by atoms with Gasteiger partial charge in [-0.2, -0.15) is 0 Å². The Hall–Kier alpha value is -1.24. The van der Waals surface area contributed by atoms with Crippen molar-refractivity contribution in [3.63, 3.8) is 0 Å². The SMILES string of the molecule is C=C(C)c1ccc(N)c(C)c1. The van der Waals surface area contributed by atoms with Crippen LogP contribution < -0.4 is 5.73 Å². The summed E-state index contributed by atoms with van der Waals surface area (Å²) in [4.78, 5) is 0. The van der Waals surface area contributed by atoms with E-state index in [9.17, 15) is 0 Å². The molecule has 2 N–H and O–H groups in total. The molecule has 0 heterocycles. The second-order valence-electron chi connectivity index (χ2n) is 2.85. The van der Waals surface area contributed by atoms with E-state index in [0.717, 1.165) is 22.4 Å². The van der Waals surface area contributed by atoms with Crippen molar-refractivity contribution in [2.24, 2.45) is 0 Å². The summed E-state index contributed by atoms with van der Waals surface area (Å²) in [5.74, 6) is 0. The topological polar surface area (TPSA) is 26.0 Å². The smallest absolute Gasteiger partial charge is 0.0344 e. The van der Waals surface area contributed by atoms with Crippen LogP contribution in [0.1, 0.15) is 18.1 Å². The second-order valence-corrected chi connectivity index (χ2v) is 2.85. The number of rotatable bonds is 1. The molecule has 0 amide bonds. The van der Waals surface area contributed by atoms with E-state index in [1.165, 1.54) is 0 Å². The predicted molar refractivity (Wildman–Crippen MR) is 50.3 cm³/mol. The van der Waals surface area contributed by atoms with E-state index in [4.69, 9.17) is 5.73 Å². The highest BCUT2D eigenvalue weighted by Gasteiger charge is 1.95. The molecule has 0 aliphatic carbocycles. The minimum atomic E-state index is 0.843. The molecule has 0 spiro atoms. The molecule has 1 aromatic carbocycles. The van der Waals surface area contributed by atoms with Gasteiger partial charge in [-0.1, -0.05) is 18.2 Å². The first-order valence-corrected chi connectivity index (χ1v) is 3.63. The summed E-state index contributed by atoms with van der Waals surface area (Å²) in [5.41, 5.74) is 9.86. The third kappa shape index (κ3) is 1.61. The summed E-state index contributed by atoms with van der Waals surface area (Å²) in [5, 5.41) is 0. The van der Waals surface area contributed by atoms with E-state index in [0.29, 0.717) is 0 Å². The van der Waals surface area contributed by atoms with Crippen LogP contribution in [0.4, 0.5) is 5.69 Å². The molecule has 11 heavy (non-hydrogen) atoms. The molecule has 1 rings (SSSR count). The van der Waals surface area contributed by atoms with Crippen LogP contribution in [0.5, 0.6) is 0 Å². The molecule has 0 aromatic heterocycles. The third-order valence-corrected chi connectivity index (χ3v) is 1.76. The van der Waals surface area contributed by atoms with Gasteiger partial charge in [-0.25, -0.2) is 0 Å². The molecule has 0 aliphatic heterocycles. The maximum Gasteiger partial charge on any atom is 0.0344 e. The molecule has 0 unspecified atom stereocenters. The van der Waals surface area contributed by atoms with Crippen molar-refractivity contribution in [1.29, 1.82) is 0 Å². The molecule has 0 aliphatic rings. The fourth-order valence-electron chi connectivity index (χ4n) is 0.941. The normalized spacial score (nSPS) is 9.64. The lowest BCUT2D eigenvalue weighted by atomic mass is 10.1. The Bertz CT molecular complexity index is 287. The zero-order valence-electron chi connectivity index (χ0n) is 7.02. The van der Waals surface area contributed by atoms with Gasteiger partial charge in [-0.3, -0.25) is 0 Å². The van der Waals surface area contributed by atoms with E-state index in [1.807, 2.05) is 26.0 Å². The van der Waals surface area contributed by atoms with Crippen LogP contribution in [0.3, 0.4) is 0 Å². The number of hydrogen-bond acceptors (Lipinski definition) is 1. The molecule has 0 saturated carbocycles. The molecule has 58 valence electrons. The van der Waals surface area contributed by atoms with Crippen molar-refractivity contribution >= 4 is 11.3 Å². The van der Waals surface area contributed by atoms with Crippen LogP contribution in [0.15, 0.2) is 24.8 Å². The molecule has 1 aromatic rings. The third-order valence-electron chi connectivity index (χ3n) is 1.76. The number of nitrogen functional groups attached to an aromatic ring is 1. The number of allylic oxidation sites excluding steroid dienone is 1. The Morgan fingerprint density at radius 3 is 2.55 bits per heavy atom. The van der Waals surface area contributed by atoms with Gasteiger partial charge in [-0.15, -0.1) is 0 Å². The molecule has 0 fully saturated rings. The Balaban J connectivity index is 3.15. The molecule has 0 saturated heterocycles. The highest BCUT2D eigenvalue weighted by molar-refractivity contribution is 5.64. The average molecular weight is 147 g/mol. The molecule has 1 heteroatoms. The Kier molecular flexibility index (Phi) is 1.99. The van der Waals surface area contributed by atoms with Gasteiger partial charge in [0.25, 0.3) is 0 Å². The molecular formula is C10H13N. The van der Waals surface area contributed by atoms with Gasteiger partial charge >= 0.3 is 0 Å². The van der Waals surface area contributed by atoms with Gasteiger partial charge in [0, 0.05) is 5.69 Å². The first kappa shape index (κ1) is 7.86. The lowest BCUT2D eigenvalue weighted by Gasteiger charge is -2.03. The first-order chi connectivity index (χ1) is 5.11. The van der Waals surface area contributed by atoms with Crippen molar-refractivity contribution in [2.75, 3.05) is 5.73 Å². The van der Waals surface area contributed by atoms with Gasteiger partial charge in [0.15, 0.2) is 0 Å². The van der Waals surface area contributed by atoms with Crippen molar-refractivity contribution < 1.29 is 0 Å². The molecule has 0 radical (unpaired) electrons. The largest absolute Gasteiger partial charge is 0.399 e. The Labute approximate surface area is 67.5 Å². The van der Waals surface area contributed by atoms with Crippen molar-refractivity contribution in [3.8, 4) is 0 Å². The van der Waals surface area contributed by atoms with E-state index < -0.39 is 0 Å². The van der Waals surface area contributed by atoms with E-state index in [-0.39, 0.29) is 0 Å². The zero-order valence-corrected chi connectivity index (χ0v) is 7.02. The maximum atomic E-state index is 5.66. The van der Waals surface area contributed by atoms with E-state index in [1.54, 1.807) is 0 Å². The number of nitrogens with two attached hydrogens (primary N) is 1. The molecule has 1 nitrogen and oxygen atoms in total.